The van der Waals surface area contributed by atoms with Crippen molar-refractivity contribution < 1.29 is 9.59 Å². The molecule has 3 unspecified atom stereocenters. The Kier molecular flexibility index (Phi) is 5.31. The Labute approximate surface area is 204 Å². The van der Waals surface area contributed by atoms with E-state index >= 15 is 0 Å². The topological polar surface area (TPSA) is 58.2 Å². The third-order valence-electron chi connectivity index (χ3n) is 6.55. The summed E-state index contributed by atoms with van der Waals surface area (Å²) in [5.41, 5.74) is 3.14. The molecular formula is C25H19BrCl2N2O2. The molecule has 0 bridgehead atoms. The number of halogens is 3. The second kappa shape index (κ2) is 7.91. The van der Waals surface area contributed by atoms with Crippen LogP contribution in [0, 0.1) is 6.92 Å². The van der Waals surface area contributed by atoms with E-state index in [2.05, 4.69) is 26.6 Å². The van der Waals surface area contributed by atoms with Crippen molar-refractivity contribution in [3.63, 3.8) is 0 Å². The van der Waals surface area contributed by atoms with Crippen molar-refractivity contribution in [2.24, 2.45) is 0 Å². The maximum Gasteiger partial charge on any atom is 0.238 e. The summed E-state index contributed by atoms with van der Waals surface area (Å²) >= 11 is 16.2. The van der Waals surface area contributed by atoms with Gasteiger partial charge in [-0.2, -0.15) is 0 Å². The number of piperidine rings is 1. The van der Waals surface area contributed by atoms with Crippen molar-refractivity contribution in [3.8, 4) is 0 Å². The van der Waals surface area contributed by atoms with Gasteiger partial charge < -0.3 is 10.6 Å². The third kappa shape index (κ3) is 3.26. The Bertz CT molecular complexity index is 1280. The number of rotatable bonds is 2. The van der Waals surface area contributed by atoms with E-state index in [0.29, 0.717) is 10.0 Å². The molecule has 32 heavy (non-hydrogen) atoms. The highest BCUT2D eigenvalue weighted by Crippen LogP contribution is 2.58. The molecule has 2 aliphatic rings. The summed E-state index contributed by atoms with van der Waals surface area (Å²) in [4.78, 5) is 26.9. The van der Waals surface area contributed by atoms with Gasteiger partial charge in [-0.3, -0.25) is 9.59 Å². The molecule has 3 aromatic carbocycles. The molecule has 0 aliphatic carbocycles. The molecule has 1 saturated heterocycles. The molecule has 162 valence electrons. The number of carbonyl (C=O) groups is 2. The highest BCUT2D eigenvalue weighted by atomic mass is 79.9. The molecule has 0 aromatic heterocycles. The second-order valence-corrected chi connectivity index (χ2v) is 10.1. The highest BCUT2D eigenvalue weighted by Gasteiger charge is 2.61. The largest absolute Gasteiger partial charge is 0.348 e. The Morgan fingerprint density at radius 2 is 1.78 bits per heavy atom. The average molecular weight is 530 g/mol. The first-order valence-corrected chi connectivity index (χ1v) is 11.8. The molecule has 2 N–H and O–H groups in total. The summed E-state index contributed by atoms with van der Waals surface area (Å²) in [6.45, 7) is 1.96. The standard InChI is InChI=1S/C25H19BrCl2N2O2/c1-13-5-7-17(28)11-18(13)23-25(19-8-6-15(26)10-21(19)29-24(25)32)20(12-22(31)30-23)14-3-2-4-16(27)9-14/h2-11,20,23H,12H2,1H3,(H,29,32)(H,30,31). The summed E-state index contributed by atoms with van der Waals surface area (Å²) < 4.78 is 0.864. The van der Waals surface area contributed by atoms with Crippen molar-refractivity contribution >= 4 is 56.6 Å². The number of nitrogens with one attached hydrogen (secondary N) is 2. The fourth-order valence-corrected chi connectivity index (χ4v) is 5.93. The predicted octanol–water partition coefficient (Wildman–Crippen LogP) is 6.30. The van der Waals surface area contributed by atoms with E-state index in [1.807, 2.05) is 61.5 Å². The fourth-order valence-electron chi connectivity index (χ4n) is 5.19. The van der Waals surface area contributed by atoms with E-state index in [9.17, 15) is 9.59 Å². The van der Waals surface area contributed by atoms with Crippen LogP contribution < -0.4 is 10.6 Å². The van der Waals surface area contributed by atoms with Gasteiger partial charge in [0.1, 0.15) is 5.41 Å². The SMILES string of the molecule is Cc1ccc(Cl)cc1C1NC(=O)CC(c2cccc(Cl)c2)C12C(=O)Nc1cc(Br)ccc12. The van der Waals surface area contributed by atoms with Crippen molar-refractivity contribution in [2.45, 2.75) is 30.7 Å². The quantitative estimate of drug-likeness (QED) is 0.409. The first kappa shape index (κ1) is 21.5. The van der Waals surface area contributed by atoms with Crippen LogP contribution in [0.5, 0.6) is 0 Å². The minimum absolute atomic E-state index is 0.122. The lowest BCUT2D eigenvalue weighted by molar-refractivity contribution is -0.131. The minimum atomic E-state index is -1.07. The summed E-state index contributed by atoms with van der Waals surface area (Å²) in [7, 11) is 0. The second-order valence-electron chi connectivity index (χ2n) is 8.33. The van der Waals surface area contributed by atoms with Crippen LogP contribution >= 0.6 is 39.1 Å². The van der Waals surface area contributed by atoms with Gasteiger partial charge in [-0.05, 0) is 65.6 Å². The van der Waals surface area contributed by atoms with Crippen LogP contribution in [0.25, 0.3) is 0 Å². The highest BCUT2D eigenvalue weighted by molar-refractivity contribution is 9.10. The predicted molar refractivity (Wildman–Crippen MR) is 130 cm³/mol. The zero-order valence-corrected chi connectivity index (χ0v) is 20.2. The van der Waals surface area contributed by atoms with Crippen molar-refractivity contribution in [1.29, 1.82) is 0 Å². The lowest BCUT2D eigenvalue weighted by Gasteiger charge is -2.46. The van der Waals surface area contributed by atoms with Gasteiger partial charge in [-0.15, -0.1) is 0 Å². The van der Waals surface area contributed by atoms with E-state index in [4.69, 9.17) is 23.2 Å². The van der Waals surface area contributed by atoms with Gasteiger partial charge in [0.05, 0.1) is 6.04 Å². The zero-order chi connectivity index (χ0) is 22.6. The van der Waals surface area contributed by atoms with E-state index in [1.165, 1.54) is 0 Å². The van der Waals surface area contributed by atoms with Crippen LogP contribution in [-0.2, 0) is 15.0 Å². The lowest BCUT2D eigenvalue weighted by Crippen LogP contribution is -2.57. The van der Waals surface area contributed by atoms with E-state index in [-0.39, 0.29) is 18.2 Å². The van der Waals surface area contributed by atoms with Crippen molar-refractivity contribution in [2.75, 3.05) is 5.32 Å². The first-order chi connectivity index (χ1) is 15.3. The normalized spacial score (nSPS) is 24.2. The first-order valence-electron chi connectivity index (χ1n) is 10.2. The number of hydrogen-bond acceptors (Lipinski definition) is 2. The van der Waals surface area contributed by atoms with E-state index in [1.54, 1.807) is 6.07 Å². The molecule has 1 fully saturated rings. The smallest absolute Gasteiger partial charge is 0.238 e. The maximum atomic E-state index is 13.9. The van der Waals surface area contributed by atoms with Crippen molar-refractivity contribution in [3.05, 3.63) is 97.4 Å². The molecule has 0 radical (unpaired) electrons. The Morgan fingerprint density at radius 1 is 1.00 bits per heavy atom. The van der Waals surface area contributed by atoms with Crippen LogP contribution in [0.1, 0.15) is 40.6 Å². The molecule has 2 aliphatic heterocycles. The Hall–Kier alpha value is -2.34. The van der Waals surface area contributed by atoms with E-state index in [0.717, 1.165) is 32.4 Å². The Morgan fingerprint density at radius 3 is 2.56 bits per heavy atom. The summed E-state index contributed by atoms with van der Waals surface area (Å²) in [6.07, 6.45) is 0.166. The van der Waals surface area contributed by atoms with Crippen LogP contribution in [0.15, 0.2) is 65.1 Å². The van der Waals surface area contributed by atoms with Gasteiger partial charge in [0, 0.05) is 32.5 Å². The van der Waals surface area contributed by atoms with Gasteiger partial charge in [0.2, 0.25) is 11.8 Å². The molecular weight excluding hydrogens is 511 g/mol. The molecule has 3 aromatic rings. The van der Waals surface area contributed by atoms with Crippen LogP contribution in [0.3, 0.4) is 0 Å². The van der Waals surface area contributed by atoms with Crippen LogP contribution in [-0.4, -0.2) is 11.8 Å². The summed E-state index contributed by atoms with van der Waals surface area (Å²) in [5, 5.41) is 7.32. The lowest BCUT2D eigenvalue weighted by atomic mass is 9.59. The number of fused-ring (bicyclic) bond motifs is 2. The maximum absolute atomic E-state index is 13.9. The third-order valence-corrected chi connectivity index (χ3v) is 7.52. The van der Waals surface area contributed by atoms with Crippen LogP contribution in [0.2, 0.25) is 10.0 Å². The number of hydrogen-bond donors (Lipinski definition) is 2. The zero-order valence-electron chi connectivity index (χ0n) is 17.1. The molecule has 2 amide bonds. The van der Waals surface area contributed by atoms with E-state index < -0.39 is 17.4 Å². The molecule has 4 nitrogen and oxygen atoms in total. The average Bonchev–Trinajstić information content (AvgIpc) is 3.02. The van der Waals surface area contributed by atoms with Crippen LogP contribution in [0.4, 0.5) is 5.69 Å². The number of benzene rings is 3. The van der Waals surface area contributed by atoms with Gasteiger partial charge in [-0.1, -0.05) is 63.4 Å². The Balaban J connectivity index is 1.83. The number of carbonyl (C=O) groups excluding carboxylic acids is 2. The molecule has 3 atom stereocenters. The molecule has 7 heteroatoms. The molecule has 2 heterocycles. The fraction of sp³-hybridized carbons (Fsp3) is 0.200. The van der Waals surface area contributed by atoms with Gasteiger partial charge in [-0.25, -0.2) is 0 Å². The van der Waals surface area contributed by atoms with Gasteiger partial charge in [0.25, 0.3) is 0 Å². The number of aryl methyl sites for hydroxylation is 1. The number of anilines is 1. The molecule has 5 rings (SSSR count). The summed E-state index contributed by atoms with van der Waals surface area (Å²) in [5.74, 6) is -0.691. The van der Waals surface area contributed by atoms with Crippen molar-refractivity contribution in [1.82, 2.24) is 5.32 Å². The van der Waals surface area contributed by atoms with Gasteiger partial charge >= 0.3 is 0 Å². The minimum Gasteiger partial charge on any atom is -0.348 e. The van der Waals surface area contributed by atoms with Gasteiger partial charge in [0.15, 0.2) is 0 Å². The monoisotopic (exact) mass is 528 g/mol. The molecule has 0 saturated carbocycles. The summed E-state index contributed by atoms with van der Waals surface area (Å²) in [6, 6.07) is 18.2. The molecule has 1 spiro atoms. The number of amides is 2.